The van der Waals surface area contributed by atoms with Gasteiger partial charge in [0, 0.05) is 5.69 Å². The van der Waals surface area contributed by atoms with Gasteiger partial charge >= 0.3 is 0 Å². The molecule has 0 heterocycles. The minimum absolute atomic E-state index is 0.713. The van der Waals surface area contributed by atoms with Gasteiger partial charge in [-0.3, -0.25) is 0 Å². The Labute approximate surface area is 157 Å². The third-order valence-corrected chi connectivity index (χ3v) is 6.55. The predicted octanol–water partition coefficient (Wildman–Crippen LogP) is 6.99. The highest BCUT2D eigenvalue weighted by Gasteiger charge is 2.27. The maximum absolute atomic E-state index is 6.44. The summed E-state index contributed by atoms with van der Waals surface area (Å²) in [4.78, 5) is 0. The van der Waals surface area contributed by atoms with E-state index in [4.69, 9.17) is 10.5 Å². The number of rotatable bonds is 4. The Kier molecular flexibility index (Phi) is 4.93. The SMILES string of the molecule is Cc1c(C2CCCC2)cc(C2CCCC2)c(C)c1Oc1ccc(N)cc1. The average Bonchev–Trinajstić information content (AvgIpc) is 3.34. The molecule has 2 nitrogen and oxygen atoms in total. The van der Waals surface area contributed by atoms with Crippen molar-refractivity contribution in [3.63, 3.8) is 0 Å². The van der Waals surface area contributed by atoms with Gasteiger partial charge in [-0.1, -0.05) is 31.7 Å². The topological polar surface area (TPSA) is 35.2 Å². The van der Waals surface area contributed by atoms with E-state index in [2.05, 4.69) is 19.9 Å². The number of nitrogens with two attached hydrogens (primary N) is 1. The zero-order valence-corrected chi connectivity index (χ0v) is 16.2. The lowest BCUT2D eigenvalue weighted by Gasteiger charge is -2.24. The Morgan fingerprint density at radius 3 is 1.69 bits per heavy atom. The molecule has 2 aliphatic carbocycles. The van der Waals surface area contributed by atoms with Gasteiger partial charge in [0.1, 0.15) is 11.5 Å². The molecule has 0 saturated heterocycles. The fourth-order valence-corrected chi connectivity index (χ4v) is 5.06. The van der Waals surface area contributed by atoms with Gasteiger partial charge in [-0.15, -0.1) is 0 Å². The maximum atomic E-state index is 6.44. The van der Waals surface area contributed by atoms with Crippen molar-refractivity contribution in [2.24, 2.45) is 0 Å². The van der Waals surface area contributed by atoms with E-state index in [0.717, 1.165) is 17.2 Å². The molecule has 4 rings (SSSR count). The van der Waals surface area contributed by atoms with Crippen molar-refractivity contribution < 1.29 is 4.74 Å². The van der Waals surface area contributed by atoms with E-state index in [1.54, 1.807) is 11.1 Å². The largest absolute Gasteiger partial charge is 0.457 e. The van der Waals surface area contributed by atoms with Crippen molar-refractivity contribution >= 4 is 5.69 Å². The summed E-state index contributed by atoms with van der Waals surface area (Å²) in [6, 6.07) is 10.3. The van der Waals surface area contributed by atoms with E-state index in [9.17, 15) is 0 Å². The van der Waals surface area contributed by atoms with Crippen molar-refractivity contribution in [1.29, 1.82) is 0 Å². The van der Waals surface area contributed by atoms with Gasteiger partial charge in [0.05, 0.1) is 0 Å². The smallest absolute Gasteiger partial charge is 0.133 e. The van der Waals surface area contributed by atoms with Crippen molar-refractivity contribution in [3.05, 3.63) is 52.6 Å². The van der Waals surface area contributed by atoms with Crippen LogP contribution in [0.15, 0.2) is 30.3 Å². The van der Waals surface area contributed by atoms with Gasteiger partial charge < -0.3 is 10.5 Å². The van der Waals surface area contributed by atoms with Gasteiger partial charge in [0.15, 0.2) is 0 Å². The molecular formula is C24H31NO. The Bertz CT molecular complexity index is 726. The molecule has 138 valence electrons. The molecule has 0 amide bonds. The summed E-state index contributed by atoms with van der Waals surface area (Å²) in [6.45, 7) is 4.51. The standard InChI is InChI=1S/C24H31NO/c1-16-22(18-7-3-4-8-18)15-23(19-9-5-6-10-19)17(2)24(16)26-21-13-11-20(25)12-14-21/h11-15,18-19H,3-10,25H2,1-2H3. The lowest BCUT2D eigenvalue weighted by molar-refractivity contribution is 0.470. The first-order valence-corrected chi connectivity index (χ1v) is 10.3. The van der Waals surface area contributed by atoms with E-state index in [-0.39, 0.29) is 0 Å². The number of benzene rings is 2. The average molecular weight is 350 g/mol. The van der Waals surface area contributed by atoms with Gasteiger partial charge in [0.2, 0.25) is 0 Å². The molecule has 0 aliphatic heterocycles. The molecule has 26 heavy (non-hydrogen) atoms. The molecule has 2 aromatic rings. The van der Waals surface area contributed by atoms with Gasteiger partial charge in [-0.2, -0.15) is 0 Å². The molecule has 2 saturated carbocycles. The molecule has 2 aliphatic rings. The van der Waals surface area contributed by atoms with Crippen LogP contribution in [-0.4, -0.2) is 0 Å². The van der Waals surface area contributed by atoms with Gasteiger partial charge in [-0.05, 0) is 97.9 Å². The van der Waals surface area contributed by atoms with Gasteiger partial charge in [-0.25, -0.2) is 0 Å². The molecule has 2 fully saturated rings. The number of nitrogen functional groups attached to an aromatic ring is 1. The second-order valence-electron chi connectivity index (χ2n) is 8.27. The van der Waals surface area contributed by atoms with E-state index in [0.29, 0.717) is 11.8 Å². The Balaban J connectivity index is 1.77. The molecule has 0 bridgehead atoms. The van der Waals surface area contributed by atoms with Crippen LogP contribution in [0.25, 0.3) is 0 Å². The monoisotopic (exact) mass is 349 g/mol. The molecule has 2 N–H and O–H groups in total. The summed E-state index contributed by atoms with van der Waals surface area (Å²) in [5, 5.41) is 0. The summed E-state index contributed by atoms with van der Waals surface area (Å²) in [5.41, 5.74) is 12.4. The zero-order valence-electron chi connectivity index (χ0n) is 16.2. The first kappa shape index (κ1) is 17.5. The summed E-state index contributed by atoms with van der Waals surface area (Å²) in [5.74, 6) is 3.39. The Morgan fingerprint density at radius 1 is 0.769 bits per heavy atom. The molecule has 0 atom stereocenters. The summed E-state index contributed by atoms with van der Waals surface area (Å²) in [6.07, 6.45) is 10.8. The Morgan fingerprint density at radius 2 is 1.23 bits per heavy atom. The van der Waals surface area contributed by atoms with Crippen LogP contribution >= 0.6 is 0 Å². The van der Waals surface area contributed by atoms with E-state index < -0.39 is 0 Å². The zero-order chi connectivity index (χ0) is 18.1. The van der Waals surface area contributed by atoms with Gasteiger partial charge in [0.25, 0.3) is 0 Å². The third kappa shape index (κ3) is 3.34. The first-order chi connectivity index (χ1) is 12.6. The van der Waals surface area contributed by atoms with Crippen LogP contribution in [0, 0.1) is 13.8 Å². The third-order valence-electron chi connectivity index (χ3n) is 6.55. The first-order valence-electron chi connectivity index (χ1n) is 10.3. The van der Waals surface area contributed by atoms with Crippen LogP contribution in [0.3, 0.4) is 0 Å². The molecule has 0 unspecified atom stereocenters. The summed E-state index contributed by atoms with van der Waals surface area (Å²) in [7, 11) is 0. The van der Waals surface area contributed by atoms with Crippen LogP contribution in [0.5, 0.6) is 11.5 Å². The number of ether oxygens (including phenoxy) is 1. The van der Waals surface area contributed by atoms with Crippen molar-refractivity contribution in [3.8, 4) is 11.5 Å². The minimum Gasteiger partial charge on any atom is -0.457 e. The fourth-order valence-electron chi connectivity index (χ4n) is 5.06. The van der Waals surface area contributed by atoms with E-state index >= 15 is 0 Å². The van der Waals surface area contributed by atoms with Crippen LogP contribution in [0.2, 0.25) is 0 Å². The van der Waals surface area contributed by atoms with Crippen molar-refractivity contribution in [2.45, 2.75) is 77.0 Å². The van der Waals surface area contributed by atoms with Crippen molar-refractivity contribution in [2.75, 3.05) is 5.73 Å². The van der Waals surface area contributed by atoms with Crippen LogP contribution < -0.4 is 10.5 Å². The lowest BCUT2D eigenvalue weighted by Crippen LogP contribution is -2.06. The number of hydrogen-bond donors (Lipinski definition) is 1. The van der Waals surface area contributed by atoms with E-state index in [1.807, 2.05) is 24.3 Å². The van der Waals surface area contributed by atoms with Crippen LogP contribution in [-0.2, 0) is 0 Å². The fraction of sp³-hybridized carbons (Fsp3) is 0.500. The number of anilines is 1. The minimum atomic E-state index is 0.713. The molecule has 2 heteroatoms. The normalized spacial score (nSPS) is 18.5. The maximum Gasteiger partial charge on any atom is 0.133 e. The second-order valence-corrected chi connectivity index (χ2v) is 8.27. The number of hydrogen-bond acceptors (Lipinski definition) is 2. The summed E-state index contributed by atoms with van der Waals surface area (Å²) < 4.78 is 6.44. The summed E-state index contributed by atoms with van der Waals surface area (Å²) >= 11 is 0. The predicted molar refractivity (Wildman–Crippen MR) is 109 cm³/mol. The van der Waals surface area contributed by atoms with E-state index in [1.165, 1.54) is 62.5 Å². The van der Waals surface area contributed by atoms with Crippen molar-refractivity contribution in [1.82, 2.24) is 0 Å². The highest BCUT2D eigenvalue weighted by atomic mass is 16.5. The van der Waals surface area contributed by atoms with Crippen LogP contribution in [0.4, 0.5) is 5.69 Å². The second kappa shape index (κ2) is 7.34. The highest BCUT2D eigenvalue weighted by molar-refractivity contribution is 5.54. The molecule has 2 aromatic carbocycles. The lowest BCUT2D eigenvalue weighted by atomic mass is 9.84. The molecule has 0 radical (unpaired) electrons. The Hall–Kier alpha value is -1.96. The highest BCUT2D eigenvalue weighted by Crippen LogP contribution is 2.46. The molecule has 0 aromatic heterocycles. The molecular weight excluding hydrogens is 318 g/mol. The molecule has 0 spiro atoms. The quantitative estimate of drug-likeness (QED) is 0.603. The van der Waals surface area contributed by atoms with Crippen LogP contribution in [0.1, 0.15) is 85.5 Å².